The van der Waals surface area contributed by atoms with Crippen LogP contribution in [0.2, 0.25) is 0 Å². The number of hydrogen-bond acceptors (Lipinski definition) is 5. The Morgan fingerprint density at radius 2 is 2.00 bits per heavy atom. The standard InChI is InChI=1S/C19H25N5O3/c1-12-4-5-15(20)6-17(12)19(26)22-16-7-21-24(10-16)11-18(25)23-8-13(2)27-14(3)9-23/h4-7,10,13-14H,8-9,11,20H2,1-3H3,(H,22,26). The number of nitrogens with two attached hydrogens (primary N) is 1. The van der Waals surface area contributed by atoms with Gasteiger partial charge in [-0.2, -0.15) is 5.10 Å². The minimum Gasteiger partial charge on any atom is -0.399 e. The number of carbonyl (C=O) groups excluding carboxylic acids is 2. The van der Waals surface area contributed by atoms with Crippen molar-refractivity contribution in [1.29, 1.82) is 0 Å². The van der Waals surface area contributed by atoms with E-state index in [9.17, 15) is 9.59 Å². The lowest BCUT2D eigenvalue weighted by Gasteiger charge is -2.35. The Hall–Kier alpha value is -2.87. The lowest BCUT2D eigenvalue weighted by atomic mass is 10.1. The first kappa shape index (κ1) is 18.9. The van der Waals surface area contributed by atoms with Crippen LogP contribution in [0.3, 0.4) is 0 Å². The van der Waals surface area contributed by atoms with Crippen molar-refractivity contribution in [3.8, 4) is 0 Å². The van der Waals surface area contributed by atoms with E-state index >= 15 is 0 Å². The number of aromatic nitrogens is 2. The molecular weight excluding hydrogens is 346 g/mol. The Morgan fingerprint density at radius 1 is 1.30 bits per heavy atom. The SMILES string of the molecule is Cc1ccc(N)cc1C(=O)Nc1cnn(CC(=O)N2CC(C)OC(C)C2)c1. The van der Waals surface area contributed by atoms with Crippen LogP contribution in [0.5, 0.6) is 0 Å². The van der Waals surface area contributed by atoms with E-state index in [1.54, 1.807) is 29.3 Å². The molecule has 2 aromatic rings. The van der Waals surface area contributed by atoms with E-state index in [0.717, 1.165) is 5.56 Å². The molecule has 1 saturated heterocycles. The number of nitrogens with zero attached hydrogens (tertiary/aromatic N) is 3. The summed E-state index contributed by atoms with van der Waals surface area (Å²) in [6.07, 6.45) is 3.21. The van der Waals surface area contributed by atoms with Crippen LogP contribution in [0.1, 0.15) is 29.8 Å². The topological polar surface area (TPSA) is 102 Å². The van der Waals surface area contributed by atoms with Gasteiger partial charge in [0.05, 0.1) is 24.1 Å². The van der Waals surface area contributed by atoms with Crippen molar-refractivity contribution in [1.82, 2.24) is 14.7 Å². The van der Waals surface area contributed by atoms with Gasteiger partial charge < -0.3 is 20.7 Å². The Morgan fingerprint density at radius 3 is 2.70 bits per heavy atom. The van der Waals surface area contributed by atoms with Gasteiger partial charge in [0, 0.05) is 30.5 Å². The quantitative estimate of drug-likeness (QED) is 0.796. The Balaban J connectivity index is 1.62. The van der Waals surface area contributed by atoms with E-state index < -0.39 is 0 Å². The first-order chi connectivity index (χ1) is 12.8. The second-order valence-corrected chi connectivity index (χ2v) is 7.01. The number of ether oxygens (including phenoxy) is 1. The average molecular weight is 371 g/mol. The summed E-state index contributed by atoms with van der Waals surface area (Å²) in [5.41, 5.74) is 8.16. The van der Waals surface area contributed by atoms with Crippen molar-refractivity contribution in [3.63, 3.8) is 0 Å². The molecule has 3 rings (SSSR count). The molecule has 8 nitrogen and oxygen atoms in total. The predicted octanol–water partition coefficient (Wildman–Crippen LogP) is 1.66. The van der Waals surface area contributed by atoms with Gasteiger partial charge in [-0.1, -0.05) is 6.07 Å². The first-order valence-corrected chi connectivity index (χ1v) is 8.95. The van der Waals surface area contributed by atoms with Gasteiger partial charge in [0.1, 0.15) is 6.54 Å². The predicted molar refractivity (Wildman–Crippen MR) is 102 cm³/mol. The fourth-order valence-corrected chi connectivity index (χ4v) is 3.22. The number of nitrogen functional groups attached to an aromatic ring is 1. The van der Waals surface area contributed by atoms with Crippen LogP contribution in [0.15, 0.2) is 30.6 Å². The molecule has 0 spiro atoms. The molecule has 2 heterocycles. The summed E-state index contributed by atoms with van der Waals surface area (Å²) in [7, 11) is 0. The number of morpholine rings is 1. The zero-order chi connectivity index (χ0) is 19.6. The summed E-state index contributed by atoms with van der Waals surface area (Å²) < 4.78 is 7.17. The highest BCUT2D eigenvalue weighted by Crippen LogP contribution is 2.16. The number of nitrogens with one attached hydrogen (secondary N) is 1. The van der Waals surface area contributed by atoms with Crippen molar-refractivity contribution in [2.75, 3.05) is 24.1 Å². The fraction of sp³-hybridized carbons (Fsp3) is 0.421. The zero-order valence-electron chi connectivity index (χ0n) is 15.8. The van der Waals surface area contributed by atoms with Crippen molar-refractivity contribution in [2.45, 2.75) is 39.5 Å². The summed E-state index contributed by atoms with van der Waals surface area (Å²) in [6, 6.07) is 5.19. The molecular formula is C19H25N5O3. The highest BCUT2D eigenvalue weighted by atomic mass is 16.5. The van der Waals surface area contributed by atoms with E-state index in [1.807, 2.05) is 20.8 Å². The smallest absolute Gasteiger partial charge is 0.256 e. The number of benzene rings is 1. The van der Waals surface area contributed by atoms with E-state index in [4.69, 9.17) is 10.5 Å². The van der Waals surface area contributed by atoms with Gasteiger partial charge in [0.2, 0.25) is 5.91 Å². The van der Waals surface area contributed by atoms with Crippen molar-refractivity contribution in [3.05, 3.63) is 41.7 Å². The molecule has 3 N–H and O–H groups in total. The molecule has 0 bridgehead atoms. The molecule has 0 aliphatic carbocycles. The summed E-state index contributed by atoms with van der Waals surface area (Å²) in [4.78, 5) is 26.7. The number of amides is 2. The number of rotatable bonds is 4. The minimum atomic E-state index is -0.262. The summed E-state index contributed by atoms with van der Waals surface area (Å²) in [6.45, 7) is 7.02. The molecule has 2 unspecified atom stereocenters. The number of carbonyl (C=O) groups is 2. The lowest BCUT2D eigenvalue weighted by molar-refractivity contribution is -0.144. The Bertz CT molecular complexity index is 838. The van der Waals surface area contributed by atoms with Crippen LogP contribution in [0.4, 0.5) is 11.4 Å². The van der Waals surface area contributed by atoms with Crippen molar-refractivity contribution >= 4 is 23.2 Å². The molecule has 8 heteroatoms. The monoisotopic (exact) mass is 371 g/mol. The summed E-state index contributed by atoms with van der Waals surface area (Å²) >= 11 is 0. The van der Waals surface area contributed by atoms with E-state index in [2.05, 4.69) is 10.4 Å². The van der Waals surface area contributed by atoms with Crippen LogP contribution >= 0.6 is 0 Å². The van der Waals surface area contributed by atoms with Crippen LogP contribution in [-0.4, -0.2) is 51.8 Å². The zero-order valence-corrected chi connectivity index (χ0v) is 15.8. The second kappa shape index (κ2) is 7.79. The molecule has 1 fully saturated rings. The van der Waals surface area contributed by atoms with Crippen LogP contribution < -0.4 is 11.1 Å². The number of anilines is 2. The molecule has 144 valence electrons. The highest BCUT2D eigenvalue weighted by Gasteiger charge is 2.26. The van der Waals surface area contributed by atoms with Gasteiger partial charge >= 0.3 is 0 Å². The molecule has 1 aromatic heterocycles. The van der Waals surface area contributed by atoms with E-state index in [0.29, 0.717) is 30.0 Å². The normalized spacial score (nSPS) is 19.7. The largest absolute Gasteiger partial charge is 0.399 e. The summed E-state index contributed by atoms with van der Waals surface area (Å²) in [5, 5.41) is 6.97. The van der Waals surface area contributed by atoms with Crippen LogP contribution in [0, 0.1) is 6.92 Å². The molecule has 2 amide bonds. The maximum absolute atomic E-state index is 12.5. The molecule has 1 aliphatic rings. The minimum absolute atomic E-state index is 0.0201. The lowest BCUT2D eigenvalue weighted by Crippen LogP contribution is -2.49. The Labute approximate surface area is 158 Å². The van der Waals surface area contributed by atoms with Gasteiger partial charge in [-0.3, -0.25) is 14.3 Å². The third kappa shape index (κ3) is 4.65. The Kier molecular flexibility index (Phi) is 5.46. The highest BCUT2D eigenvalue weighted by molar-refractivity contribution is 6.05. The van der Waals surface area contributed by atoms with Gasteiger partial charge in [-0.15, -0.1) is 0 Å². The van der Waals surface area contributed by atoms with E-state index in [-0.39, 0.29) is 30.6 Å². The van der Waals surface area contributed by atoms with Gasteiger partial charge in [0.15, 0.2) is 0 Å². The molecule has 1 aliphatic heterocycles. The first-order valence-electron chi connectivity index (χ1n) is 8.95. The molecule has 0 saturated carbocycles. The maximum Gasteiger partial charge on any atom is 0.256 e. The molecule has 1 aromatic carbocycles. The van der Waals surface area contributed by atoms with Gasteiger partial charge in [0.25, 0.3) is 5.91 Å². The molecule has 0 radical (unpaired) electrons. The van der Waals surface area contributed by atoms with Gasteiger partial charge in [-0.25, -0.2) is 0 Å². The summed E-state index contributed by atoms with van der Waals surface area (Å²) in [5.74, 6) is -0.286. The molecule has 27 heavy (non-hydrogen) atoms. The van der Waals surface area contributed by atoms with Crippen LogP contribution in [0.25, 0.3) is 0 Å². The van der Waals surface area contributed by atoms with E-state index in [1.165, 1.54) is 10.9 Å². The third-order valence-electron chi connectivity index (χ3n) is 4.47. The number of aryl methyl sites for hydroxylation is 1. The van der Waals surface area contributed by atoms with Crippen molar-refractivity contribution < 1.29 is 14.3 Å². The maximum atomic E-state index is 12.5. The number of hydrogen-bond donors (Lipinski definition) is 2. The van der Waals surface area contributed by atoms with Gasteiger partial charge in [-0.05, 0) is 38.5 Å². The van der Waals surface area contributed by atoms with Crippen LogP contribution in [-0.2, 0) is 16.1 Å². The fourth-order valence-electron chi connectivity index (χ4n) is 3.22. The molecule has 2 atom stereocenters. The average Bonchev–Trinajstić information content (AvgIpc) is 3.03. The van der Waals surface area contributed by atoms with Crippen molar-refractivity contribution in [2.24, 2.45) is 0 Å². The second-order valence-electron chi connectivity index (χ2n) is 7.01. The third-order valence-corrected chi connectivity index (χ3v) is 4.47.